The molecule has 5 nitrogen and oxygen atoms in total. The van der Waals surface area contributed by atoms with E-state index in [0.29, 0.717) is 0 Å². The van der Waals surface area contributed by atoms with Gasteiger partial charge in [0.05, 0.1) is 29.1 Å². The van der Waals surface area contributed by atoms with Crippen molar-refractivity contribution in [2.45, 2.75) is 13.8 Å². The van der Waals surface area contributed by atoms with Crippen LogP contribution in [-0.2, 0) is 0 Å². The van der Waals surface area contributed by atoms with E-state index < -0.39 is 0 Å². The first-order valence-corrected chi connectivity index (χ1v) is 12.9. The second kappa shape index (κ2) is 8.67. The molecule has 0 aliphatic carbocycles. The number of rotatable bonds is 4. The van der Waals surface area contributed by atoms with Crippen molar-refractivity contribution in [3.63, 3.8) is 0 Å². The maximum absolute atomic E-state index is 6.46. The molecular weight excluding hydrogens is 468 g/mol. The summed E-state index contributed by atoms with van der Waals surface area (Å²) < 4.78 is 8.66. The summed E-state index contributed by atoms with van der Waals surface area (Å²) in [5.41, 5.74) is 8.41. The van der Waals surface area contributed by atoms with Crippen LogP contribution in [0.5, 0.6) is 11.5 Å². The molecule has 0 saturated heterocycles. The Bertz CT molecular complexity index is 1820. The zero-order chi connectivity index (χ0) is 25.8. The maximum atomic E-state index is 6.46. The predicted molar refractivity (Wildman–Crippen MR) is 156 cm³/mol. The van der Waals surface area contributed by atoms with E-state index >= 15 is 0 Å². The molecule has 7 rings (SSSR count). The third-order valence-corrected chi connectivity index (χ3v) is 7.54. The van der Waals surface area contributed by atoms with Gasteiger partial charge in [0.15, 0.2) is 0 Å². The molecule has 2 aromatic heterocycles. The van der Waals surface area contributed by atoms with Gasteiger partial charge in [-0.05, 0) is 79.6 Å². The Labute approximate surface area is 222 Å². The highest BCUT2D eigenvalue weighted by atomic mass is 16.5. The lowest BCUT2D eigenvalue weighted by atomic mass is 10.1. The zero-order valence-electron chi connectivity index (χ0n) is 21.7. The van der Waals surface area contributed by atoms with Crippen molar-refractivity contribution in [3.8, 4) is 17.3 Å². The molecule has 1 aliphatic heterocycles. The van der Waals surface area contributed by atoms with E-state index in [4.69, 9.17) is 4.74 Å². The summed E-state index contributed by atoms with van der Waals surface area (Å²) >= 11 is 0. The van der Waals surface area contributed by atoms with Crippen molar-refractivity contribution >= 4 is 38.9 Å². The van der Waals surface area contributed by atoms with Gasteiger partial charge in [-0.3, -0.25) is 4.57 Å². The Balaban J connectivity index is 1.28. The molecule has 0 saturated carbocycles. The molecule has 3 heterocycles. The van der Waals surface area contributed by atoms with Gasteiger partial charge in [0.2, 0.25) is 0 Å². The summed E-state index contributed by atoms with van der Waals surface area (Å²) in [7, 11) is 2.14. The average molecular weight is 497 g/mol. The van der Waals surface area contributed by atoms with Crippen LogP contribution >= 0.6 is 0 Å². The second-order valence-electron chi connectivity index (χ2n) is 10.0. The van der Waals surface area contributed by atoms with Crippen molar-refractivity contribution < 1.29 is 4.74 Å². The van der Waals surface area contributed by atoms with Crippen LogP contribution in [0.15, 0.2) is 103 Å². The first kappa shape index (κ1) is 22.4. The highest BCUT2D eigenvalue weighted by Gasteiger charge is 2.25. The van der Waals surface area contributed by atoms with Gasteiger partial charge < -0.3 is 14.5 Å². The zero-order valence-corrected chi connectivity index (χ0v) is 21.7. The minimum atomic E-state index is 0.792. The van der Waals surface area contributed by atoms with Gasteiger partial charge in [0.25, 0.3) is 0 Å². The molecule has 0 bridgehead atoms. The Morgan fingerprint density at radius 1 is 0.684 bits per heavy atom. The fourth-order valence-corrected chi connectivity index (χ4v) is 5.49. The molecule has 0 fully saturated rings. The van der Waals surface area contributed by atoms with Crippen molar-refractivity contribution in [1.29, 1.82) is 0 Å². The van der Waals surface area contributed by atoms with Crippen molar-refractivity contribution in [3.05, 3.63) is 114 Å². The molecule has 186 valence electrons. The summed E-state index contributed by atoms with van der Waals surface area (Å²) in [6.45, 7) is 5.15. The molecule has 0 radical (unpaired) electrons. The number of fused-ring (bicyclic) bond motifs is 4. The number of para-hydroxylation sites is 1. The van der Waals surface area contributed by atoms with Gasteiger partial charge in [0, 0.05) is 41.8 Å². The lowest BCUT2D eigenvalue weighted by molar-refractivity contribution is 0.483. The fraction of sp³-hybridized carbons (Fsp3) is 0.121. The Morgan fingerprint density at radius 3 is 2.29 bits per heavy atom. The number of hydrogen-bond acceptors (Lipinski definition) is 4. The van der Waals surface area contributed by atoms with Crippen molar-refractivity contribution in [1.82, 2.24) is 9.55 Å². The predicted octanol–water partition coefficient (Wildman–Crippen LogP) is 8.13. The molecule has 0 atom stereocenters. The minimum absolute atomic E-state index is 0.792. The van der Waals surface area contributed by atoms with Crippen molar-refractivity contribution in [2.75, 3.05) is 23.5 Å². The third-order valence-electron chi connectivity index (χ3n) is 7.54. The highest BCUT2D eigenvalue weighted by molar-refractivity contribution is 6.09. The Kier molecular flexibility index (Phi) is 5.11. The summed E-state index contributed by atoms with van der Waals surface area (Å²) in [6, 6.07) is 33.7. The smallest absolute Gasteiger partial charge is 0.137 e. The lowest BCUT2D eigenvalue weighted by Gasteiger charge is -2.20. The Morgan fingerprint density at radius 2 is 1.45 bits per heavy atom. The molecule has 4 aromatic carbocycles. The molecule has 1 aliphatic rings. The van der Waals surface area contributed by atoms with E-state index in [0.717, 1.165) is 40.7 Å². The van der Waals surface area contributed by atoms with Crippen LogP contribution < -0.4 is 14.5 Å². The molecular formula is C33H28N4O. The fourth-order valence-electron chi connectivity index (χ4n) is 5.49. The van der Waals surface area contributed by atoms with E-state index in [1.807, 2.05) is 30.5 Å². The van der Waals surface area contributed by atoms with Crippen molar-refractivity contribution in [2.24, 2.45) is 0 Å². The monoisotopic (exact) mass is 496 g/mol. The summed E-state index contributed by atoms with van der Waals surface area (Å²) in [6.07, 6.45) is 1.83. The molecule has 5 heteroatoms. The molecule has 0 N–H and O–H groups in total. The van der Waals surface area contributed by atoms with E-state index in [1.165, 1.54) is 33.3 Å². The van der Waals surface area contributed by atoms with Gasteiger partial charge in [0.1, 0.15) is 17.3 Å². The first-order chi connectivity index (χ1) is 18.6. The summed E-state index contributed by atoms with van der Waals surface area (Å²) in [4.78, 5) is 9.27. The third kappa shape index (κ3) is 3.58. The quantitative estimate of drug-likeness (QED) is 0.247. The standard InChI is InChI=1S/C33H28N4O/c1-22-17-31-32(18-23(22)2)36(21-35(31)3)24-9-8-10-25(19-24)38-26-14-15-28-27-11-4-5-12-29(27)37(30(28)20-26)33-13-6-7-16-34-33/h4-20H,21H2,1-3H3. The van der Waals surface area contributed by atoms with Gasteiger partial charge in [-0.1, -0.05) is 30.3 Å². The lowest BCUT2D eigenvalue weighted by Crippen LogP contribution is -2.23. The van der Waals surface area contributed by atoms with Gasteiger partial charge in [-0.25, -0.2) is 4.98 Å². The first-order valence-electron chi connectivity index (χ1n) is 12.9. The van der Waals surface area contributed by atoms with E-state index in [1.54, 1.807) is 0 Å². The van der Waals surface area contributed by atoms with Gasteiger partial charge in [-0.15, -0.1) is 0 Å². The molecule has 38 heavy (non-hydrogen) atoms. The SMILES string of the molecule is Cc1cc2c(cc1C)N(c1cccc(Oc3ccc4c5ccccc5n(-c5ccccn5)c4c3)c1)CN2C. The summed E-state index contributed by atoms with van der Waals surface area (Å²) in [5, 5.41) is 2.37. The molecule has 0 unspecified atom stereocenters. The van der Waals surface area contributed by atoms with E-state index in [9.17, 15) is 0 Å². The topological polar surface area (TPSA) is 33.5 Å². The van der Waals surface area contributed by atoms with Crippen LogP contribution in [0.3, 0.4) is 0 Å². The van der Waals surface area contributed by atoms with Crippen LogP contribution in [0.4, 0.5) is 17.1 Å². The molecule has 0 amide bonds. The normalized spacial score (nSPS) is 12.9. The molecule has 6 aromatic rings. The van der Waals surface area contributed by atoms with Crippen LogP contribution in [0.25, 0.3) is 27.6 Å². The number of ether oxygens (including phenoxy) is 1. The second-order valence-corrected chi connectivity index (χ2v) is 10.0. The highest BCUT2D eigenvalue weighted by Crippen LogP contribution is 2.42. The van der Waals surface area contributed by atoms with Crippen LogP contribution in [0.2, 0.25) is 0 Å². The average Bonchev–Trinajstić information content (AvgIpc) is 3.43. The number of aryl methyl sites for hydroxylation is 2. The van der Waals surface area contributed by atoms with Crippen LogP contribution in [0.1, 0.15) is 11.1 Å². The maximum Gasteiger partial charge on any atom is 0.137 e. The summed E-state index contributed by atoms with van der Waals surface area (Å²) in [5.74, 6) is 2.49. The number of hydrogen-bond donors (Lipinski definition) is 0. The van der Waals surface area contributed by atoms with Gasteiger partial charge >= 0.3 is 0 Å². The number of anilines is 3. The number of benzene rings is 4. The van der Waals surface area contributed by atoms with Crippen LogP contribution in [0, 0.1) is 13.8 Å². The Hall–Kier alpha value is -4.77. The minimum Gasteiger partial charge on any atom is -0.457 e. The van der Waals surface area contributed by atoms with E-state index in [-0.39, 0.29) is 0 Å². The van der Waals surface area contributed by atoms with Crippen LogP contribution in [-0.4, -0.2) is 23.3 Å². The molecule has 0 spiro atoms. The van der Waals surface area contributed by atoms with Gasteiger partial charge in [-0.2, -0.15) is 0 Å². The number of nitrogens with zero attached hydrogens (tertiary/aromatic N) is 4. The largest absolute Gasteiger partial charge is 0.457 e. The number of pyridine rings is 1. The van der Waals surface area contributed by atoms with E-state index in [2.05, 4.69) is 113 Å². The number of aromatic nitrogens is 2.